The number of halogens is 1. The number of hydrogen-bond acceptors (Lipinski definition) is 4. The molecule has 1 amide bonds. The fraction of sp³-hybridized carbons (Fsp3) is 0.167. The average Bonchev–Trinajstić information content (AvgIpc) is 2.61. The Hall–Kier alpha value is -3.02. The maximum Gasteiger partial charge on any atom is 0.328 e. The number of pyridine rings is 1. The molecule has 1 unspecified atom stereocenters. The smallest absolute Gasteiger partial charge is 0.328 e. The minimum absolute atomic E-state index is 0.138. The maximum absolute atomic E-state index is 13.0. The van der Waals surface area contributed by atoms with Crippen LogP contribution in [-0.4, -0.2) is 30.0 Å². The first-order chi connectivity index (χ1) is 11.5. The third kappa shape index (κ3) is 4.49. The molecule has 1 heterocycles. The van der Waals surface area contributed by atoms with E-state index in [1.807, 2.05) is 0 Å². The first-order valence-electron chi connectivity index (χ1n) is 7.23. The lowest BCUT2D eigenvalue weighted by atomic mass is 10.0. The monoisotopic (exact) mass is 328 g/mol. The molecule has 1 aromatic heterocycles. The lowest BCUT2D eigenvalue weighted by molar-refractivity contribution is -0.144. The second kappa shape index (κ2) is 8.01. The lowest BCUT2D eigenvalue weighted by Gasteiger charge is -2.17. The van der Waals surface area contributed by atoms with Crippen LogP contribution < -0.4 is 5.32 Å². The van der Waals surface area contributed by atoms with Gasteiger partial charge in [0.1, 0.15) is 11.9 Å². The standard InChI is InChI=1S/C18H17FN2O3/c1-12(14-3-5-15(19)6-4-14)17(22)21-16(18(23)24-2)11-13-7-9-20-10-8-13/h3-10,16H,1,11H2,2H3,(H,21,22). The molecule has 0 aliphatic heterocycles. The van der Waals surface area contributed by atoms with Crippen LogP contribution in [0.5, 0.6) is 0 Å². The van der Waals surface area contributed by atoms with Crippen molar-refractivity contribution in [2.45, 2.75) is 12.5 Å². The number of carbonyl (C=O) groups is 2. The van der Waals surface area contributed by atoms with Crippen LogP contribution in [0, 0.1) is 5.82 Å². The molecule has 2 aromatic rings. The van der Waals surface area contributed by atoms with Crippen LogP contribution in [0.3, 0.4) is 0 Å². The number of amides is 1. The number of rotatable bonds is 6. The van der Waals surface area contributed by atoms with Gasteiger partial charge < -0.3 is 10.1 Å². The highest BCUT2D eigenvalue weighted by Crippen LogP contribution is 2.14. The summed E-state index contributed by atoms with van der Waals surface area (Å²) < 4.78 is 17.7. The molecule has 0 bridgehead atoms. The molecule has 1 N–H and O–H groups in total. The number of methoxy groups -OCH3 is 1. The molecule has 0 radical (unpaired) electrons. The topological polar surface area (TPSA) is 68.3 Å². The molecule has 24 heavy (non-hydrogen) atoms. The van der Waals surface area contributed by atoms with Crippen LogP contribution in [0.25, 0.3) is 5.57 Å². The highest BCUT2D eigenvalue weighted by atomic mass is 19.1. The molecule has 0 saturated carbocycles. The van der Waals surface area contributed by atoms with Crippen molar-refractivity contribution in [1.82, 2.24) is 10.3 Å². The number of benzene rings is 1. The van der Waals surface area contributed by atoms with E-state index in [4.69, 9.17) is 4.74 Å². The normalized spacial score (nSPS) is 11.4. The molecule has 0 aliphatic carbocycles. The second-order valence-corrected chi connectivity index (χ2v) is 5.09. The number of nitrogens with one attached hydrogen (secondary N) is 1. The number of nitrogens with zero attached hydrogens (tertiary/aromatic N) is 1. The van der Waals surface area contributed by atoms with Gasteiger partial charge in [-0.3, -0.25) is 9.78 Å². The Labute approximate surface area is 139 Å². The molecule has 5 nitrogen and oxygen atoms in total. The van der Waals surface area contributed by atoms with E-state index in [1.54, 1.807) is 24.5 Å². The van der Waals surface area contributed by atoms with Gasteiger partial charge in [0.2, 0.25) is 0 Å². The minimum Gasteiger partial charge on any atom is -0.467 e. The van der Waals surface area contributed by atoms with Crippen molar-refractivity contribution < 1.29 is 18.7 Å². The zero-order chi connectivity index (χ0) is 17.5. The fourth-order valence-electron chi connectivity index (χ4n) is 2.12. The van der Waals surface area contributed by atoms with Crippen molar-refractivity contribution in [1.29, 1.82) is 0 Å². The largest absolute Gasteiger partial charge is 0.467 e. The van der Waals surface area contributed by atoms with Crippen molar-refractivity contribution in [3.8, 4) is 0 Å². The van der Waals surface area contributed by atoms with Crippen LogP contribution in [-0.2, 0) is 20.7 Å². The van der Waals surface area contributed by atoms with Crippen molar-refractivity contribution in [3.63, 3.8) is 0 Å². The molecule has 2 rings (SSSR count). The van der Waals surface area contributed by atoms with Crippen molar-refractivity contribution in [3.05, 3.63) is 72.3 Å². The van der Waals surface area contributed by atoms with Gasteiger partial charge in [-0.2, -0.15) is 0 Å². The molecule has 124 valence electrons. The number of hydrogen-bond donors (Lipinski definition) is 1. The van der Waals surface area contributed by atoms with Gasteiger partial charge in [0.25, 0.3) is 5.91 Å². The molecule has 6 heteroatoms. The van der Waals surface area contributed by atoms with Crippen LogP contribution in [0.1, 0.15) is 11.1 Å². The molecule has 1 atom stereocenters. The molecule has 0 aliphatic rings. The number of carbonyl (C=O) groups excluding carboxylic acids is 2. The van der Waals surface area contributed by atoms with E-state index in [0.717, 1.165) is 5.56 Å². The summed E-state index contributed by atoms with van der Waals surface area (Å²) in [6.45, 7) is 3.70. The van der Waals surface area contributed by atoms with E-state index in [9.17, 15) is 14.0 Å². The Morgan fingerprint density at radius 1 is 1.21 bits per heavy atom. The Morgan fingerprint density at radius 3 is 2.42 bits per heavy atom. The van der Waals surface area contributed by atoms with Crippen LogP contribution >= 0.6 is 0 Å². The molecular weight excluding hydrogens is 311 g/mol. The summed E-state index contributed by atoms with van der Waals surface area (Å²) in [5.41, 5.74) is 1.44. The first-order valence-corrected chi connectivity index (χ1v) is 7.23. The summed E-state index contributed by atoms with van der Waals surface area (Å²) in [4.78, 5) is 28.2. The van der Waals surface area contributed by atoms with Crippen LogP contribution in [0.4, 0.5) is 4.39 Å². The van der Waals surface area contributed by atoms with Crippen LogP contribution in [0.2, 0.25) is 0 Å². The van der Waals surface area contributed by atoms with Gasteiger partial charge in [-0.1, -0.05) is 18.7 Å². The van der Waals surface area contributed by atoms with Gasteiger partial charge >= 0.3 is 5.97 Å². The van der Waals surface area contributed by atoms with E-state index < -0.39 is 23.7 Å². The Morgan fingerprint density at radius 2 is 1.83 bits per heavy atom. The van der Waals surface area contributed by atoms with Gasteiger partial charge in [0.05, 0.1) is 7.11 Å². The highest BCUT2D eigenvalue weighted by molar-refractivity contribution is 6.19. The second-order valence-electron chi connectivity index (χ2n) is 5.09. The number of ether oxygens (including phenoxy) is 1. The summed E-state index contributed by atoms with van der Waals surface area (Å²) in [6.07, 6.45) is 3.46. The quantitative estimate of drug-likeness (QED) is 0.651. The molecule has 0 fully saturated rings. The SMILES string of the molecule is C=C(C(=O)NC(Cc1ccncc1)C(=O)OC)c1ccc(F)cc1. The van der Waals surface area contributed by atoms with Gasteiger partial charge in [0, 0.05) is 24.4 Å². The highest BCUT2D eigenvalue weighted by Gasteiger charge is 2.23. The molecule has 0 saturated heterocycles. The van der Waals surface area contributed by atoms with Gasteiger partial charge in [-0.15, -0.1) is 0 Å². The predicted octanol–water partition coefficient (Wildman–Crippen LogP) is 2.13. The van der Waals surface area contributed by atoms with E-state index in [-0.39, 0.29) is 12.0 Å². The molecule has 1 aromatic carbocycles. The van der Waals surface area contributed by atoms with E-state index >= 15 is 0 Å². The zero-order valence-corrected chi connectivity index (χ0v) is 13.2. The zero-order valence-electron chi connectivity index (χ0n) is 13.2. The summed E-state index contributed by atoms with van der Waals surface area (Å²) in [7, 11) is 1.25. The number of esters is 1. The number of aromatic nitrogens is 1. The van der Waals surface area contributed by atoms with Gasteiger partial charge in [-0.05, 0) is 35.4 Å². The summed E-state index contributed by atoms with van der Waals surface area (Å²) in [5.74, 6) is -1.49. The fourth-order valence-corrected chi connectivity index (χ4v) is 2.12. The predicted molar refractivity (Wildman–Crippen MR) is 87.3 cm³/mol. The summed E-state index contributed by atoms with van der Waals surface area (Å²) in [6, 6.07) is 8.02. The van der Waals surface area contributed by atoms with E-state index in [0.29, 0.717) is 5.56 Å². The Balaban J connectivity index is 2.10. The Bertz CT molecular complexity index is 730. The first kappa shape index (κ1) is 17.3. The maximum atomic E-state index is 13.0. The van der Waals surface area contributed by atoms with Crippen molar-refractivity contribution in [2.75, 3.05) is 7.11 Å². The molecule has 0 spiro atoms. The van der Waals surface area contributed by atoms with Gasteiger partial charge in [-0.25, -0.2) is 9.18 Å². The van der Waals surface area contributed by atoms with Crippen molar-refractivity contribution >= 4 is 17.4 Å². The minimum atomic E-state index is -0.859. The van der Waals surface area contributed by atoms with E-state index in [2.05, 4.69) is 16.9 Å². The Kier molecular flexibility index (Phi) is 5.78. The van der Waals surface area contributed by atoms with Crippen molar-refractivity contribution in [2.24, 2.45) is 0 Å². The van der Waals surface area contributed by atoms with E-state index in [1.165, 1.54) is 31.4 Å². The van der Waals surface area contributed by atoms with Crippen LogP contribution in [0.15, 0.2) is 55.4 Å². The third-order valence-electron chi connectivity index (χ3n) is 3.45. The molecular formula is C18H17FN2O3. The third-order valence-corrected chi connectivity index (χ3v) is 3.45. The van der Waals surface area contributed by atoms with Gasteiger partial charge in [0.15, 0.2) is 0 Å². The average molecular weight is 328 g/mol. The lowest BCUT2D eigenvalue weighted by Crippen LogP contribution is -2.43. The summed E-state index contributed by atoms with van der Waals surface area (Å²) >= 11 is 0. The summed E-state index contributed by atoms with van der Waals surface area (Å²) in [5, 5.41) is 2.60.